The van der Waals surface area contributed by atoms with Crippen molar-refractivity contribution in [2.45, 2.75) is 11.8 Å². The number of sulfonamides is 1. The summed E-state index contributed by atoms with van der Waals surface area (Å²) in [7, 11) is -3.68. The van der Waals surface area contributed by atoms with Gasteiger partial charge in [-0.05, 0) is 43.3 Å². The molecule has 0 aliphatic heterocycles. The molecule has 6 nitrogen and oxygen atoms in total. The number of rotatable bonds is 5. The average molecular weight is 317 g/mol. The lowest BCUT2D eigenvalue weighted by atomic mass is 10.2. The Hall–Kier alpha value is -2.67. The molecule has 0 fully saturated rings. The maximum absolute atomic E-state index is 12.1. The number of nitrogens with zero attached hydrogens (tertiary/aromatic N) is 1. The van der Waals surface area contributed by atoms with Gasteiger partial charge in [0.25, 0.3) is 15.9 Å². The minimum atomic E-state index is -3.68. The van der Waals surface area contributed by atoms with E-state index >= 15 is 0 Å². The maximum atomic E-state index is 12.1. The molecule has 0 saturated carbocycles. The molecule has 0 saturated heterocycles. The number of carbonyl (C=O) groups excluding carboxylic acids is 1. The number of hydrogen-bond donors (Lipinski definition) is 2. The Labute approximate surface area is 129 Å². The second-order valence-corrected chi connectivity index (χ2v) is 6.29. The zero-order valence-electron chi connectivity index (χ0n) is 11.9. The first kappa shape index (κ1) is 15.7. The molecule has 1 aromatic carbocycles. The first-order valence-corrected chi connectivity index (χ1v) is 7.86. The highest BCUT2D eigenvalue weighted by atomic mass is 32.2. The molecule has 22 heavy (non-hydrogen) atoms. The van der Waals surface area contributed by atoms with E-state index in [1.54, 1.807) is 37.3 Å². The molecule has 2 rings (SSSR count). The smallest absolute Gasteiger partial charge is 0.263 e. The highest BCUT2D eigenvalue weighted by molar-refractivity contribution is 7.92. The summed E-state index contributed by atoms with van der Waals surface area (Å²) in [6.45, 7) is 5.14. The minimum absolute atomic E-state index is 0.0784. The number of carbonyl (C=O) groups is 1. The third-order valence-corrected chi connectivity index (χ3v) is 4.09. The summed E-state index contributed by atoms with van der Waals surface area (Å²) in [5.41, 5.74) is 1.33. The Morgan fingerprint density at radius 2 is 1.77 bits per heavy atom. The van der Waals surface area contributed by atoms with Crippen LogP contribution in [-0.2, 0) is 14.8 Å². The molecule has 0 atom stereocenters. The van der Waals surface area contributed by atoms with Gasteiger partial charge in [-0.15, -0.1) is 0 Å². The molecule has 0 aliphatic rings. The Bertz CT molecular complexity index is 785. The Kier molecular flexibility index (Phi) is 4.57. The van der Waals surface area contributed by atoms with E-state index in [1.165, 1.54) is 18.5 Å². The molecule has 0 radical (unpaired) electrons. The molecule has 0 aliphatic carbocycles. The monoisotopic (exact) mass is 317 g/mol. The lowest BCUT2D eigenvalue weighted by molar-refractivity contribution is -0.112. The topological polar surface area (TPSA) is 88.2 Å². The van der Waals surface area contributed by atoms with Crippen LogP contribution in [0.3, 0.4) is 0 Å². The number of nitrogens with one attached hydrogen (secondary N) is 2. The van der Waals surface area contributed by atoms with Crippen LogP contribution in [0.5, 0.6) is 0 Å². The van der Waals surface area contributed by atoms with E-state index in [1.807, 2.05) is 0 Å². The van der Waals surface area contributed by atoms with E-state index in [0.29, 0.717) is 16.9 Å². The van der Waals surface area contributed by atoms with Gasteiger partial charge in [-0.2, -0.15) is 0 Å². The molecule has 0 bridgehead atoms. The highest BCUT2D eigenvalue weighted by Gasteiger charge is 2.13. The van der Waals surface area contributed by atoms with Gasteiger partial charge in [0, 0.05) is 29.3 Å². The van der Waals surface area contributed by atoms with Gasteiger partial charge in [0.1, 0.15) is 4.90 Å². The number of amides is 1. The predicted molar refractivity (Wildman–Crippen MR) is 84.9 cm³/mol. The molecule has 2 N–H and O–H groups in total. The summed E-state index contributed by atoms with van der Waals surface area (Å²) >= 11 is 0. The van der Waals surface area contributed by atoms with Crippen molar-refractivity contribution in [3.8, 4) is 0 Å². The van der Waals surface area contributed by atoms with Gasteiger partial charge < -0.3 is 5.32 Å². The summed E-state index contributed by atoms with van der Waals surface area (Å²) in [6, 6.07) is 9.31. The highest BCUT2D eigenvalue weighted by Crippen LogP contribution is 2.18. The van der Waals surface area contributed by atoms with Gasteiger partial charge in [-0.3, -0.25) is 14.5 Å². The van der Waals surface area contributed by atoms with Crippen molar-refractivity contribution in [3.05, 3.63) is 60.9 Å². The first-order chi connectivity index (χ1) is 10.4. The second-order valence-electron chi connectivity index (χ2n) is 4.61. The summed E-state index contributed by atoms with van der Waals surface area (Å²) < 4.78 is 26.7. The van der Waals surface area contributed by atoms with Crippen LogP contribution >= 0.6 is 0 Å². The molecule has 0 unspecified atom stereocenters. The molecule has 1 aromatic heterocycles. The molecular weight excluding hydrogens is 302 g/mol. The number of pyridine rings is 1. The average Bonchev–Trinajstić information content (AvgIpc) is 2.50. The Morgan fingerprint density at radius 3 is 2.32 bits per heavy atom. The van der Waals surface area contributed by atoms with Crippen LogP contribution in [0.15, 0.2) is 65.8 Å². The van der Waals surface area contributed by atoms with Crippen LogP contribution < -0.4 is 10.0 Å². The van der Waals surface area contributed by atoms with Crippen molar-refractivity contribution in [2.24, 2.45) is 0 Å². The number of anilines is 2. The van der Waals surface area contributed by atoms with Gasteiger partial charge in [-0.1, -0.05) is 6.58 Å². The number of aromatic nitrogens is 1. The van der Waals surface area contributed by atoms with Gasteiger partial charge in [0.2, 0.25) is 0 Å². The third kappa shape index (κ3) is 3.92. The molecule has 7 heteroatoms. The zero-order chi connectivity index (χ0) is 16.2. The normalized spacial score (nSPS) is 10.8. The lowest BCUT2D eigenvalue weighted by Gasteiger charge is -2.09. The van der Waals surface area contributed by atoms with Crippen LogP contribution in [0.2, 0.25) is 0 Å². The molecule has 1 heterocycles. The number of benzene rings is 1. The predicted octanol–water partition coefficient (Wildman–Crippen LogP) is 2.40. The van der Waals surface area contributed by atoms with Crippen molar-refractivity contribution in [2.75, 3.05) is 10.0 Å². The second kappa shape index (κ2) is 6.40. The van der Waals surface area contributed by atoms with Crippen LogP contribution in [0.25, 0.3) is 0 Å². The van der Waals surface area contributed by atoms with E-state index in [4.69, 9.17) is 0 Å². The summed E-state index contributed by atoms with van der Waals surface area (Å²) in [5.74, 6) is -0.288. The standard InChI is InChI=1S/C15H15N3O3S/c1-11(2)15(19)17-12-5-7-13(8-6-12)18-22(20,21)14-4-3-9-16-10-14/h3-10,18H,1H2,2H3,(H,17,19). The molecule has 0 spiro atoms. The summed E-state index contributed by atoms with van der Waals surface area (Å²) in [4.78, 5) is 15.3. The van der Waals surface area contributed by atoms with Gasteiger partial charge in [-0.25, -0.2) is 8.42 Å². The quantitative estimate of drug-likeness (QED) is 0.829. The molecule has 1 amide bonds. The van der Waals surface area contributed by atoms with Crippen molar-refractivity contribution in [3.63, 3.8) is 0 Å². The van der Waals surface area contributed by atoms with Crippen LogP contribution in [0.4, 0.5) is 11.4 Å². The minimum Gasteiger partial charge on any atom is -0.322 e. The summed E-state index contributed by atoms with van der Waals surface area (Å²) in [5, 5.41) is 2.64. The van der Waals surface area contributed by atoms with E-state index in [-0.39, 0.29) is 10.8 Å². The number of hydrogen-bond acceptors (Lipinski definition) is 4. The van der Waals surface area contributed by atoms with Gasteiger partial charge in [0.05, 0.1) is 0 Å². The van der Waals surface area contributed by atoms with E-state index in [2.05, 4.69) is 21.6 Å². The fraction of sp³-hybridized carbons (Fsp3) is 0.0667. The van der Waals surface area contributed by atoms with Crippen molar-refractivity contribution in [1.82, 2.24) is 4.98 Å². The molecular formula is C15H15N3O3S. The van der Waals surface area contributed by atoms with Crippen LogP contribution in [-0.4, -0.2) is 19.3 Å². The largest absolute Gasteiger partial charge is 0.322 e. The third-order valence-electron chi connectivity index (χ3n) is 2.73. The van der Waals surface area contributed by atoms with Crippen molar-refractivity contribution in [1.29, 1.82) is 0 Å². The van der Waals surface area contributed by atoms with E-state index < -0.39 is 10.0 Å². The molecule has 114 valence electrons. The van der Waals surface area contributed by atoms with Gasteiger partial charge in [0.15, 0.2) is 0 Å². The lowest BCUT2D eigenvalue weighted by Crippen LogP contribution is -2.14. The SMILES string of the molecule is C=C(C)C(=O)Nc1ccc(NS(=O)(=O)c2cccnc2)cc1. The first-order valence-electron chi connectivity index (χ1n) is 6.38. The molecule has 2 aromatic rings. The summed E-state index contributed by atoms with van der Waals surface area (Å²) in [6.07, 6.45) is 2.77. The van der Waals surface area contributed by atoms with Crippen LogP contribution in [0.1, 0.15) is 6.92 Å². The Balaban J connectivity index is 2.12. The van der Waals surface area contributed by atoms with E-state index in [0.717, 1.165) is 0 Å². The van der Waals surface area contributed by atoms with Crippen molar-refractivity contribution < 1.29 is 13.2 Å². The van der Waals surface area contributed by atoms with Crippen molar-refractivity contribution >= 4 is 27.3 Å². The van der Waals surface area contributed by atoms with Gasteiger partial charge >= 0.3 is 0 Å². The van der Waals surface area contributed by atoms with E-state index in [9.17, 15) is 13.2 Å². The Morgan fingerprint density at radius 1 is 1.14 bits per heavy atom. The van der Waals surface area contributed by atoms with Crippen LogP contribution in [0, 0.1) is 0 Å². The fourth-order valence-electron chi connectivity index (χ4n) is 1.58. The maximum Gasteiger partial charge on any atom is 0.263 e. The fourth-order valence-corrected chi connectivity index (χ4v) is 2.60. The zero-order valence-corrected chi connectivity index (χ0v) is 12.7.